The Balaban J connectivity index is 1.56. The van der Waals surface area contributed by atoms with Crippen molar-refractivity contribution in [3.8, 4) is 10.6 Å². The fourth-order valence-electron chi connectivity index (χ4n) is 1.88. The molecular formula is C15H14N4OS2. The van der Waals surface area contributed by atoms with Crippen molar-refractivity contribution in [2.45, 2.75) is 19.8 Å². The fourth-order valence-corrected chi connectivity index (χ4v) is 3.43. The van der Waals surface area contributed by atoms with Crippen molar-refractivity contribution in [1.82, 2.24) is 15.0 Å². The second-order valence-electron chi connectivity index (χ2n) is 4.73. The van der Waals surface area contributed by atoms with Crippen LogP contribution >= 0.6 is 22.7 Å². The van der Waals surface area contributed by atoms with Crippen LogP contribution in [-0.4, -0.2) is 20.9 Å². The first-order valence-electron chi connectivity index (χ1n) is 6.77. The van der Waals surface area contributed by atoms with Crippen LogP contribution in [0.1, 0.15) is 17.8 Å². The summed E-state index contributed by atoms with van der Waals surface area (Å²) in [6.45, 7) is 1.90. The van der Waals surface area contributed by atoms with Gasteiger partial charge in [0.05, 0.1) is 11.4 Å². The first-order valence-corrected chi connectivity index (χ1v) is 8.53. The molecule has 1 amide bonds. The lowest BCUT2D eigenvalue weighted by Gasteiger charge is -2.00. The quantitative estimate of drug-likeness (QED) is 0.777. The molecule has 3 aromatic rings. The van der Waals surface area contributed by atoms with Gasteiger partial charge in [-0.3, -0.25) is 9.78 Å². The van der Waals surface area contributed by atoms with Gasteiger partial charge in [0.1, 0.15) is 5.01 Å². The van der Waals surface area contributed by atoms with Crippen molar-refractivity contribution in [2.75, 3.05) is 5.32 Å². The number of carbonyl (C=O) groups excluding carboxylic acids is 1. The minimum absolute atomic E-state index is 0.0368. The maximum absolute atomic E-state index is 11.9. The third-order valence-electron chi connectivity index (χ3n) is 2.93. The van der Waals surface area contributed by atoms with Crippen LogP contribution in [-0.2, 0) is 11.2 Å². The molecule has 0 bridgehead atoms. The predicted octanol–water partition coefficient (Wildman–Crippen LogP) is 3.54. The molecule has 22 heavy (non-hydrogen) atoms. The van der Waals surface area contributed by atoms with E-state index in [-0.39, 0.29) is 5.91 Å². The molecule has 0 aromatic carbocycles. The molecule has 0 spiro atoms. The average Bonchev–Trinajstić information content (AvgIpc) is 3.15. The molecule has 5 nitrogen and oxygen atoms in total. The summed E-state index contributed by atoms with van der Waals surface area (Å²) in [4.78, 5) is 24.7. The molecular weight excluding hydrogens is 316 g/mol. The zero-order chi connectivity index (χ0) is 15.4. The van der Waals surface area contributed by atoms with E-state index in [0.717, 1.165) is 22.0 Å². The molecule has 7 heteroatoms. The van der Waals surface area contributed by atoms with Gasteiger partial charge in [-0.1, -0.05) is 0 Å². The standard InChI is InChI=1S/C15H14N4OS2/c1-10-8-22-15(17-10)19-13(20)5-4-12-9-21-14(18-12)11-3-2-6-16-7-11/h2-3,6-9H,4-5H2,1H3,(H,17,19,20). The Morgan fingerprint density at radius 2 is 2.18 bits per heavy atom. The number of rotatable bonds is 5. The Morgan fingerprint density at radius 1 is 1.27 bits per heavy atom. The van der Waals surface area contributed by atoms with Crippen molar-refractivity contribution >= 4 is 33.7 Å². The van der Waals surface area contributed by atoms with Crippen molar-refractivity contribution in [3.63, 3.8) is 0 Å². The van der Waals surface area contributed by atoms with Crippen LogP contribution in [0.15, 0.2) is 35.3 Å². The van der Waals surface area contributed by atoms with Crippen molar-refractivity contribution < 1.29 is 4.79 Å². The molecule has 0 aliphatic rings. The van der Waals surface area contributed by atoms with Crippen molar-refractivity contribution in [1.29, 1.82) is 0 Å². The third-order valence-corrected chi connectivity index (χ3v) is 4.75. The summed E-state index contributed by atoms with van der Waals surface area (Å²) < 4.78 is 0. The van der Waals surface area contributed by atoms with Crippen LogP contribution in [0.3, 0.4) is 0 Å². The predicted molar refractivity (Wildman–Crippen MR) is 89.1 cm³/mol. The van der Waals surface area contributed by atoms with Gasteiger partial charge in [-0.2, -0.15) is 0 Å². The van der Waals surface area contributed by atoms with E-state index in [4.69, 9.17) is 0 Å². The van der Waals surface area contributed by atoms with Crippen LogP contribution < -0.4 is 5.32 Å². The first-order chi connectivity index (χ1) is 10.7. The molecule has 3 rings (SSSR count). The number of hydrogen-bond acceptors (Lipinski definition) is 6. The lowest BCUT2D eigenvalue weighted by molar-refractivity contribution is -0.116. The molecule has 112 valence electrons. The highest BCUT2D eigenvalue weighted by Gasteiger charge is 2.09. The Kier molecular flexibility index (Phi) is 4.55. The Hall–Kier alpha value is -2.12. The number of amides is 1. The van der Waals surface area contributed by atoms with Crippen molar-refractivity contribution in [2.24, 2.45) is 0 Å². The molecule has 0 unspecified atom stereocenters. The maximum atomic E-state index is 11.9. The molecule has 0 saturated carbocycles. The van der Waals surface area contributed by atoms with E-state index in [1.807, 2.05) is 29.8 Å². The summed E-state index contributed by atoms with van der Waals surface area (Å²) in [6.07, 6.45) is 4.55. The Labute approximate surface area is 136 Å². The molecule has 0 saturated heterocycles. The largest absolute Gasteiger partial charge is 0.302 e. The first kappa shape index (κ1) is 14.8. The van der Waals surface area contributed by atoms with Gasteiger partial charge in [-0.05, 0) is 25.5 Å². The lowest BCUT2D eigenvalue weighted by Crippen LogP contribution is -2.12. The van der Waals surface area contributed by atoms with Gasteiger partial charge in [0.15, 0.2) is 5.13 Å². The van der Waals surface area contributed by atoms with Gasteiger partial charge < -0.3 is 5.32 Å². The molecule has 0 fully saturated rings. The molecule has 1 N–H and O–H groups in total. The zero-order valence-corrected chi connectivity index (χ0v) is 13.6. The highest BCUT2D eigenvalue weighted by molar-refractivity contribution is 7.14. The summed E-state index contributed by atoms with van der Waals surface area (Å²) in [5.74, 6) is -0.0368. The second kappa shape index (κ2) is 6.76. The fraction of sp³-hybridized carbons (Fsp3) is 0.200. The highest BCUT2D eigenvalue weighted by atomic mass is 32.1. The third kappa shape index (κ3) is 3.75. The number of aryl methyl sites for hydroxylation is 2. The lowest BCUT2D eigenvalue weighted by atomic mass is 10.2. The van der Waals surface area contributed by atoms with Gasteiger partial charge in [0.2, 0.25) is 5.91 Å². The van der Waals surface area contributed by atoms with Gasteiger partial charge in [-0.25, -0.2) is 9.97 Å². The van der Waals surface area contributed by atoms with Gasteiger partial charge in [0, 0.05) is 35.1 Å². The van der Waals surface area contributed by atoms with E-state index in [9.17, 15) is 4.79 Å². The van der Waals surface area contributed by atoms with E-state index in [0.29, 0.717) is 18.0 Å². The number of thiazole rings is 2. The number of carbonyl (C=O) groups is 1. The summed E-state index contributed by atoms with van der Waals surface area (Å²) >= 11 is 3.01. The average molecular weight is 330 g/mol. The summed E-state index contributed by atoms with van der Waals surface area (Å²) in [5.41, 5.74) is 2.84. The number of anilines is 1. The summed E-state index contributed by atoms with van der Waals surface area (Å²) in [5, 5.41) is 8.29. The van der Waals surface area contributed by atoms with E-state index in [1.165, 1.54) is 11.3 Å². The van der Waals surface area contributed by atoms with E-state index in [1.54, 1.807) is 23.7 Å². The Morgan fingerprint density at radius 3 is 2.91 bits per heavy atom. The molecule has 0 atom stereocenters. The molecule has 0 radical (unpaired) electrons. The smallest absolute Gasteiger partial charge is 0.226 e. The summed E-state index contributed by atoms with van der Waals surface area (Å²) in [7, 11) is 0. The number of pyridine rings is 1. The van der Waals surface area contributed by atoms with Crippen LogP contribution in [0.4, 0.5) is 5.13 Å². The molecule has 3 heterocycles. The Bertz CT molecular complexity index is 767. The topological polar surface area (TPSA) is 67.8 Å². The maximum Gasteiger partial charge on any atom is 0.226 e. The van der Waals surface area contributed by atoms with Crippen LogP contribution in [0.25, 0.3) is 10.6 Å². The second-order valence-corrected chi connectivity index (χ2v) is 6.44. The van der Waals surface area contributed by atoms with Crippen LogP contribution in [0.5, 0.6) is 0 Å². The molecule has 3 aromatic heterocycles. The SMILES string of the molecule is Cc1csc(NC(=O)CCc2csc(-c3cccnc3)n2)n1. The van der Waals surface area contributed by atoms with E-state index < -0.39 is 0 Å². The van der Waals surface area contributed by atoms with Gasteiger partial charge in [-0.15, -0.1) is 22.7 Å². The van der Waals surface area contributed by atoms with E-state index >= 15 is 0 Å². The minimum atomic E-state index is -0.0368. The number of hydrogen-bond donors (Lipinski definition) is 1. The molecule has 0 aliphatic carbocycles. The monoisotopic (exact) mass is 330 g/mol. The number of aromatic nitrogens is 3. The van der Waals surface area contributed by atoms with E-state index in [2.05, 4.69) is 20.3 Å². The molecule has 0 aliphatic heterocycles. The van der Waals surface area contributed by atoms with Gasteiger partial charge >= 0.3 is 0 Å². The van der Waals surface area contributed by atoms with Gasteiger partial charge in [0.25, 0.3) is 0 Å². The number of nitrogens with zero attached hydrogens (tertiary/aromatic N) is 3. The minimum Gasteiger partial charge on any atom is -0.302 e. The summed E-state index contributed by atoms with van der Waals surface area (Å²) in [6, 6.07) is 3.87. The number of nitrogens with one attached hydrogen (secondary N) is 1. The zero-order valence-electron chi connectivity index (χ0n) is 11.9. The normalized spacial score (nSPS) is 10.6. The van der Waals surface area contributed by atoms with Crippen LogP contribution in [0.2, 0.25) is 0 Å². The highest BCUT2D eigenvalue weighted by Crippen LogP contribution is 2.23. The van der Waals surface area contributed by atoms with Crippen molar-refractivity contribution in [3.05, 3.63) is 46.7 Å². The van der Waals surface area contributed by atoms with Crippen LogP contribution in [0, 0.1) is 6.92 Å².